The van der Waals surface area contributed by atoms with Crippen LogP contribution in [0.25, 0.3) is 0 Å². The number of alkyl halides is 9. The topological polar surface area (TPSA) is 159 Å². The SMILES string of the molecule is Cc1cccc(CN2CCO[C@H]3[C@@H](OCc4ccccn4)CC[C@@H]32)n1.O=C(O)C(F)(F)F.O=C(O)C(F)(F)F.O=C(O)C(F)(F)F. The fourth-order valence-electron chi connectivity index (χ4n) is 3.94. The molecule has 4 rings (SSSR count). The molecule has 3 heterocycles. The number of fused-ring (bicyclic) bond motifs is 1. The van der Waals surface area contributed by atoms with Gasteiger partial charge in [-0.15, -0.1) is 0 Å². The van der Waals surface area contributed by atoms with Gasteiger partial charge in [0, 0.05) is 31.0 Å². The molecule has 1 aliphatic heterocycles. The maximum atomic E-state index is 10.6. The van der Waals surface area contributed by atoms with Gasteiger partial charge in [0.25, 0.3) is 0 Å². The third-order valence-corrected chi connectivity index (χ3v) is 5.86. The van der Waals surface area contributed by atoms with E-state index in [1.54, 1.807) is 0 Å². The normalized spacial score (nSPS) is 19.6. The van der Waals surface area contributed by atoms with Crippen LogP contribution in [-0.4, -0.2) is 98.0 Å². The number of carboxylic acids is 3. The van der Waals surface area contributed by atoms with Crippen LogP contribution in [0.3, 0.4) is 0 Å². The highest BCUT2D eigenvalue weighted by molar-refractivity contribution is 5.73. The first kappa shape index (κ1) is 40.0. The van der Waals surface area contributed by atoms with Crippen LogP contribution in [0.4, 0.5) is 39.5 Å². The Balaban J connectivity index is 0.000000413. The lowest BCUT2D eigenvalue weighted by Crippen LogP contribution is -2.51. The molecule has 2 aromatic heterocycles. The zero-order valence-electron chi connectivity index (χ0n) is 23.6. The van der Waals surface area contributed by atoms with E-state index >= 15 is 0 Å². The number of rotatable bonds is 5. The number of carbonyl (C=O) groups is 3. The average Bonchev–Trinajstić information content (AvgIpc) is 3.36. The molecule has 20 heteroatoms. The molecule has 3 atom stereocenters. The second-order valence-electron chi connectivity index (χ2n) is 9.30. The second-order valence-corrected chi connectivity index (χ2v) is 9.30. The summed E-state index contributed by atoms with van der Waals surface area (Å²) in [4.78, 5) is 38.2. The van der Waals surface area contributed by atoms with E-state index in [-0.39, 0.29) is 12.2 Å². The summed E-state index contributed by atoms with van der Waals surface area (Å²) in [5.74, 6) is -8.27. The Morgan fingerprint density at radius 2 is 1.37 bits per heavy atom. The van der Waals surface area contributed by atoms with E-state index in [0.29, 0.717) is 12.6 Å². The van der Waals surface area contributed by atoms with Crippen molar-refractivity contribution in [2.75, 3.05) is 13.2 Å². The average molecular weight is 682 g/mol. The number of pyridine rings is 2. The number of hydrogen-bond donors (Lipinski definition) is 3. The molecule has 2 aromatic rings. The molecule has 11 nitrogen and oxygen atoms in total. The molecule has 2 aliphatic rings. The monoisotopic (exact) mass is 681 g/mol. The van der Waals surface area contributed by atoms with Crippen LogP contribution in [-0.2, 0) is 37.0 Å². The molecule has 0 radical (unpaired) electrons. The summed E-state index contributed by atoms with van der Waals surface area (Å²) in [6.07, 6.45) is -11.0. The Hall–Kier alpha value is -4.04. The number of hydrogen-bond acceptors (Lipinski definition) is 8. The van der Waals surface area contributed by atoms with Gasteiger partial charge in [0.2, 0.25) is 0 Å². The standard InChI is InChI=1S/C20H25N3O2.3C2HF3O2/c1-15-5-4-7-16(22-15)13-23-11-12-24-20-18(23)8-9-19(20)25-14-17-6-2-3-10-21-17;3*3-2(4,5)1(6)7/h2-7,10,18-20H,8-9,11-14H2,1H3;3*(H,6,7)/t18-,19-,20+;;;/m0.../s1. The highest BCUT2D eigenvalue weighted by Gasteiger charge is 2.43. The predicted molar refractivity (Wildman–Crippen MR) is 136 cm³/mol. The van der Waals surface area contributed by atoms with Gasteiger partial charge in [0.15, 0.2) is 0 Å². The first-order valence-electron chi connectivity index (χ1n) is 12.8. The number of halogens is 9. The molecule has 0 amide bonds. The predicted octanol–water partition coefficient (Wildman–Crippen LogP) is 4.63. The van der Waals surface area contributed by atoms with E-state index < -0.39 is 36.4 Å². The number of ether oxygens (including phenoxy) is 2. The third-order valence-electron chi connectivity index (χ3n) is 5.86. The zero-order valence-corrected chi connectivity index (χ0v) is 23.6. The van der Waals surface area contributed by atoms with Crippen LogP contribution in [0.15, 0.2) is 42.6 Å². The summed E-state index contributed by atoms with van der Waals surface area (Å²) in [6.45, 7) is 5.21. The van der Waals surface area contributed by atoms with E-state index in [1.807, 2.05) is 37.4 Å². The summed E-state index contributed by atoms with van der Waals surface area (Å²) in [6, 6.07) is 12.6. The summed E-state index contributed by atoms with van der Waals surface area (Å²) < 4.78 is 107. The van der Waals surface area contributed by atoms with Crippen molar-refractivity contribution in [3.8, 4) is 0 Å². The van der Waals surface area contributed by atoms with Crippen LogP contribution >= 0.6 is 0 Å². The van der Waals surface area contributed by atoms with Crippen molar-refractivity contribution >= 4 is 17.9 Å². The Kier molecular flexibility index (Phi) is 15.3. The zero-order chi connectivity index (χ0) is 35.3. The minimum Gasteiger partial charge on any atom is -0.475 e. The summed E-state index contributed by atoms with van der Waals surface area (Å²) >= 11 is 0. The Morgan fingerprint density at radius 1 is 0.848 bits per heavy atom. The lowest BCUT2D eigenvalue weighted by molar-refractivity contribution is -0.193. The van der Waals surface area contributed by atoms with Crippen LogP contribution in [0.1, 0.15) is 29.9 Å². The van der Waals surface area contributed by atoms with E-state index in [1.165, 1.54) is 0 Å². The molecule has 0 aromatic carbocycles. The van der Waals surface area contributed by atoms with E-state index in [9.17, 15) is 39.5 Å². The molecular formula is C26H28F9N3O8. The molecule has 1 aliphatic carbocycles. The van der Waals surface area contributed by atoms with Crippen LogP contribution in [0.5, 0.6) is 0 Å². The van der Waals surface area contributed by atoms with Gasteiger partial charge in [-0.1, -0.05) is 12.1 Å². The third kappa shape index (κ3) is 14.8. The van der Waals surface area contributed by atoms with Crippen molar-refractivity contribution in [2.45, 2.75) is 69.7 Å². The van der Waals surface area contributed by atoms with Gasteiger partial charge in [0.05, 0.1) is 36.8 Å². The fourth-order valence-corrected chi connectivity index (χ4v) is 3.94. The van der Waals surface area contributed by atoms with Gasteiger partial charge in [-0.2, -0.15) is 39.5 Å². The van der Waals surface area contributed by atoms with Gasteiger partial charge in [-0.05, 0) is 44.0 Å². The quantitative estimate of drug-likeness (QED) is 0.378. The lowest BCUT2D eigenvalue weighted by atomic mass is 10.1. The summed E-state index contributed by atoms with van der Waals surface area (Å²) in [7, 11) is 0. The van der Waals surface area contributed by atoms with E-state index in [4.69, 9.17) is 39.2 Å². The lowest BCUT2D eigenvalue weighted by Gasteiger charge is -2.38. The number of morpholine rings is 1. The van der Waals surface area contributed by atoms with Crippen LogP contribution < -0.4 is 0 Å². The highest BCUT2D eigenvalue weighted by Crippen LogP contribution is 2.33. The van der Waals surface area contributed by atoms with Crippen molar-refractivity contribution < 1.29 is 78.7 Å². The molecule has 1 saturated heterocycles. The Morgan fingerprint density at radius 3 is 1.83 bits per heavy atom. The van der Waals surface area contributed by atoms with Crippen molar-refractivity contribution in [1.29, 1.82) is 0 Å². The number of aliphatic carboxylic acids is 3. The van der Waals surface area contributed by atoms with Gasteiger partial charge < -0.3 is 24.8 Å². The molecule has 46 heavy (non-hydrogen) atoms. The minimum absolute atomic E-state index is 0.153. The minimum atomic E-state index is -5.08. The molecule has 0 spiro atoms. The van der Waals surface area contributed by atoms with Crippen LogP contribution in [0.2, 0.25) is 0 Å². The number of aryl methyl sites for hydroxylation is 1. The second kappa shape index (κ2) is 17.6. The maximum Gasteiger partial charge on any atom is 0.490 e. The molecule has 1 saturated carbocycles. The number of aromatic nitrogens is 2. The molecule has 0 bridgehead atoms. The fraction of sp³-hybridized carbons (Fsp3) is 0.500. The van der Waals surface area contributed by atoms with Crippen molar-refractivity contribution in [2.24, 2.45) is 0 Å². The molecule has 258 valence electrons. The largest absolute Gasteiger partial charge is 0.490 e. The number of nitrogens with zero attached hydrogens (tertiary/aromatic N) is 3. The molecule has 3 N–H and O–H groups in total. The van der Waals surface area contributed by atoms with Gasteiger partial charge >= 0.3 is 36.4 Å². The number of carboxylic acid groups (broad SMARTS) is 3. The van der Waals surface area contributed by atoms with Crippen LogP contribution in [0, 0.1) is 6.92 Å². The first-order chi connectivity index (χ1) is 21.1. The summed E-state index contributed by atoms with van der Waals surface area (Å²) in [5.41, 5.74) is 3.19. The molecule has 2 fully saturated rings. The van der Waals surface area contributed by atoms with Gasteiger partial charge in [-0.25, -0.2) is 14.4 Å². The highest BCUT2D eigenvalue weighted by atomic mass is 19.4. The Labute approximate surface area is 254 Å². The molecule has 0 unspecified atom stereocenters. The Bertz CT molecular complexity index is 1200. The van der Waals surface area contributed by atoms with E-state index in [2.05, 4.69) is 27.0 Å². The van der Waals surface area contributed by atoms with Crippen molar-refractivity contribution in [3.63, 3.8) is 0 Å². The first-order valence-corrected chi connectivity index (χ1v) is 12.8. The van der Waals surface area contributed by atoms with Crippen molar-refractivity contribution in [3.05, 3.63) is 59.7 Å². The molecular weight excluding hydrogens is 653 g/mol. The maximum absolute atomic E-state index is 10.6. The van der Waals surface area contributed by atoms with Gasteiger partial charge in [0.1, 0.15) is 0 Å². The van der Waals surface area contributed by atoms with Crippen molar-refractivity contribution in [1.82, 2.24) is 14.9 Å². The summed E-state index contributed by atoms with van der Waals surface area (Å²) in [5, 5.41) is 21.4. The van der Waals surface area contributed by atoms with E-state index in [0.717, 1.165) is 49.6 Å². The smallest absolute Gasteiger partial charge is 0.475 e. The van der Waals surface area contributed by atoms with Gasteiger partial charge in [-0.3, -0.25) is 14.9 Å².